The second-order valence-corrected chi connectivity index (χ2v) is 10.5. The normalized spacial score (nSPS) is 15.4. The molecule has 8 nitrogen and oxygen atoms in total. The van der Waals surface area contributed by atoms with Gasteiger partial charge in [0.2, 0.25) is 0 Å². The number of aromatic carboxylic acids is 1. The number of carbonyl (C=O) groups is 1. The summed E-state index contributed by atoms with van der Waals surface area (Å²) in [5.74, 6) is 0.0593. The number of hydrogen-bond donors (Lipinski definition) is 1. The van der Waals surface area contributed by atoms with Crippen LogP contribution in [0.1, 0.15) is 55.4 Å². The third-order valence-corrected chi connectivity index (χ3v) is 7.35. The van der Waals surface area contributed by atoms with E-state index in [1.165, 1.54) is 12.1 Å². The van der Waals surface area contributed by atoms with E-state index >= 15 is 0 Å². The van der Waals surface area contributed by atoms with E-state index in [2.05, 4.69) is 28.9 Å². The summed E-state index contributed by atoms with van der Waals surface area (Å²) in [4.78, 5) is 16.7. The molecule has 1 fully saturated rings. The molecule has 1 aliphatic rings. The maximum atomic E-state index is 11.8. The van der Waals surface area contributed by atoms with E-state index in [1.54, 1.807) is 0 Å². The Balaban J connectivity index is 1.82. The number of rotatable bonds is 6. The van der Waals surface area contributed by atoms with E-state index < -0.39 is 5.97 Å². The van der Waals surface area contributed by atoms with Crippen LogP contribution in [0.5, 0.6) is 5.75 Å². The Morgan fingerprint density at radius 2 is 1.92 bits per heavy atom. The van der Waals surface area contributed by atoms with Gasteiger partial charge in [-0.3, -0.25) is 0 Å². The van der Waals surface area contributed by atoms with Gasteiger partial charge in [0.05, 0.1) is 22.4 Å². The highest BCUT2D eigenvalue weighted by atomic mass is 35.5. The predicted octanol–water partition coefficient (Wildman–Crippen LogP) is 6.64. The van der Waals surface area contributed by atoms with Crippen molar-refractivity contribution in [3.8, 4) is 28.0 Å². The van der Waals surface area contributed by atoms with Crippen LogP contribution in [0.4, 0.5) is 0 Å². The number of halogens is 1. The quantitative estimate of drug-likeness (QED) is 0.302. The van der Waals surface area contributed by atoms with Gasteiger partial charge in [0.25, 0.3) is 0 Å². The van der Waals surface area contributed by atoms with Gasteiger partial charge in [-0.15, -0.1) is 0 Å². The van der Waals surface area contributed by atoms with Gasteiger partial charge in [0, 0.05) is 58.8 Å². The lowest BCUT2D eigenvalue weighted by Crippen LogP contribution is -2.36. The molecule has 0 saturated carbocycles. The van der Waals surface area contributed by atoms with E-state index in [9.17, 15) is 9.90 Å². The number of carboxylic acids is 1. The van der Waals surface area contributed by atoms with Crippen molar-refractivity contribution in [3.63, 3.8) is 0 Å². The van der Waals surface area contributed by atoms with Crippen molar-refractivity contribution >= 4 is 28.6 Å². The molecule has 0 amide bonds. The van der Waals surface area contributed by atoms with Gasteiger partial charge in [0.1, 0.15) is 17.2 Å². The van der Waals surface area contributed by atoms with Crippen LogP contribution >= 0.6 is 11.6 Å². The first-order valence-electron chi connectivity index (χ1n) is 12.4. The van der Waals surface area contributed by atoms with Gasteiger partial charge in [-0.2, -0.15) is 0 Å². The van der Waals surface area contributed by atoms with Gasteiger partial charge in [-0.1, -0.05) is 16.8 Å². The fourth-order valence-electron chi connectivity index (χ4n) is 5.12. The Morgan fingerprint density at radius 3 is 2.54 bits per heavy atom. The molecule has 37 heavy (non-hydrogen) atoms. The first kappa shape index (κ1) is 25.3. The van der Waals surface area contributed by atoms with Crippen LogP contribution < -0.4 is 4.74 Å². The Labute approximate surface area is 220 Å². The summed E-state index contributed by atoms with van der Waals surface area (Å²) in [6.45, 7) is 11.1. The van der Waals surface area contributed by atoms with Gasteiger partial charge in [-0.05, 0) is 65.7 Å². The van der Waals surface area contributed by atoms with Gasteiger partial charge in [-0.25, -0.2) is 9.78 Å². The maximum Gasteiger partial charge on any atom is 0.335 e. The van der Waals surface area contributed by atoms with Crippen molar-refractivity contribution < 1.29 is 23.9 Å². The van der Waals surface area contributed by atoms with Gasteiger partial charge < -0.3 is 23.7 Å². The maximum absolute atomic E-state index is 11.8. The van der Waals surface area contributed by atoms with Crippen molar-refractivity contribution in [3.05, 3.63) is 52.6 Å². The van der Waals surface area contributed by atoms with Crippen LogP contribution in [0, 0.1) is 13.8 Å². The zero-order valence-corrected chi connectivity index (χ0v) is 22.3. The average Bonchev–Trinajstić information content (AvgIpc) is 3.38. The highest BCUT2D eigenvalue weighted by Crippen LogP contribution is 2.45. The van der Waals surface area contributed by atoms with Crippen LogP contribution in [0.2, 0.25) is 5.02 Å². The van der Waals surface area contributed by atoms with Gasteiger partial charge in [0.15, 0.2) is 0 Å². The Hall–Kier alpha value is -3.36. The van der Waals surface area contributed by atoms with E-state index in [0.29, 0.717) is 35.3 Å². The molecule has 0 atom stereocenters. The molecule has 1 aromatic carbocycles. The van der Waals surface area contributed by atoms with Crippen molar-refractivity contribution in [2.24, 2.45) is 0 Å². The molecular formula is C28H30ClN3O5. The molecule has 3 aromatic heterocycles. The van der Waals surface area contributed by atoms with Gasteiger partial charge >= 0.3 is 5.97 Å². The second-order valence-electron chi connectivity index (χ2n) is 10.1. The largest absolute Gasteiger partial charge is 0.490 e. The minimum absolute atomic E-state index is 0.0686. The number of aryl methyl sites for hydroxylation is 2. The SMILES string of the molecule is Cc1noc(C)c1-c1cnc2c(c1)c(-c1c(Cl)cc(C(=O)O)cc1OC(C)C)cn2C1(C)CCOCC1. The molecule has 194 valence electrons. The third-order valence-electron chi connectivity index (χ3n) is 7.05. The minimum Gasteiger partial charge on any atom is -0.490 e. The van der Waals surface area contributed by atoms with Crippen LogP contribution in [-0.2, 0) is 10.3 Å². The predicted molar refractivity (Wildman–Crippen MR) is 142 cm³/mol. The molecule has 0 bridgehead atoms. The summed E-state index contributed by atoms with van der Waals surface area (Å²) in [6.07, 6.45) is 5.40. The molecule has 0 spiro atoms. The molecule has 4 aromatic rings. The summed E-state index contributed by atoms with van der Waals surface area (Å²) >= 11 is 6.80. The summed E-state index contributed by atoms with van der Waals surface area (Å²) in [5, 5.41) is 14.9. The number of nitrogens with zero attached hydrogens (tertiary/aromatic N) is 3. The van der Waals surface area contributed by atoms with Crippen molar-refractivity contribution in [2.75, 3.05) is 13.2 Å². The highest BCUT2D eigenvalue weighted by molar-refractivity contribution is 6.34. The number of ether oxygens (including phenoxy) is 2. The van der Waals surface area contributed by atoms with Crippen molar-refractivity contribution in [2.45, 2.75) is 59.1 Å². The molecule has 1 saturated heterocycles. The van der Waals surface area contributed by atoms with Crippen molar-refractivity contribution in [1.82, 2.24) is 14.7 Å². The summed E-state index contributed by atoms with van der Waals surface area (Å²) in [5.41, 5.74) is 4.69. The third kappa shape index (κ3) is 4.49. The fraction of sp³-hybridized carbons (Fsp3) is 0.393. The molecule has 9 heteroatoms. The Kier molecular flexibility index (Phi) is 6.50. The molecular weight excluding hydrogens is 494 g/mol. The highest BCUT2D eigenvalue weighted by Gasteiger charge is 2.33. The monoisotopic (exact) mass is 523 g/mol. The lowest BCUT2D eigenvalue weighted by atomic mass is 9.92. The van der Waals surface area contributed by atoms with E-state index in [-0.39, 0.29) is 17.2 Å². The van der Waals surface area contributed by atoms with Crippen molar-refractivity contribution in [1.29, 1.82) is 0 Å². The van der Waals surface area contributed by atoms with Crippen LogP contribution in [0.15, 0.2) is 35.1 Å². The second kappa shape index (κ2) is 9.50. The standard InChI is InChI=1S/C28H30ClN3O5/c1-15(2)36-23-12-18(27(33)34)11-22(29)25(23)21-14-32(28(5)6-8-35-9-7-28)26-20(21)10-19(13-30-26)24-16(3)31-37-17(24)4/h10-15H,6-9H2,1-5H3,(H,33,34). The van der Waals surface area contributed by atoms with E-state index in [0.717, 1.165) is 46.3 Å². The number of pyridine rings is 1. The summed E-state index contributed by atoms with van der Waals surface area (Å²) in [7, 11) is 0. The molecule has 0 unspecified atom stereocenters. The first-order chi connectivity index (χ1) is 17.6. The van der Waals surface area contributed by atoms with Crippen LogP contribution in [-0.4, -0.2) is 45.1 Å². The summed E-state index contributed by atoms with van der Waals surface area (Å²) in [6, 6.07) is 5.08. The summed E-state index contributed by atoms with van der Waals surface area (Å²) < 4.78 is 19.4. The lowest BCUT2D eigenvalue weighted by Gasteiger charge is -2.35. The molecule has 0 aliphatic carbocycles. The minimum atomic E-state index is -1.07. The zero-order chi connectivity index (χ0) is 26.5. The van der Waals surface area contributed by atoms with E-state index in [1.807, 2.05) is 33.9 Å². The first-order valence-corrected chi connectivity index (χ1v) is 12.7. The number of carboxylic acid groups (broad SMARTS) is 1. The topological polar surface area (TPSA) is 99.6 Å². The lowest BCUT2D eigenvalue weighted by molar-refractivity contribution is 0.0312. The fourth-order valence-corrected chi connectivity index (χ4v) is 5.43. The smallest absolute Gasteiger partial charge is 0.335 e. The molecule has 1 N–H and O–H groups in total. The number of aromatic nitrogens is 3. The van der Waals surface area contributed by atoms with E-state index in [4.69, 9.17) is 30.6 Å². The number of fused-ring (bicyclic) bond motifs is 1. The Morgan fingerprint density at radius 1 is 1.19 bits per heavy atom. The number of benzene rings is 1. The Bertz CT molecular complexity index is 1480. The molecule has 5 rings (SSSR count). The molecule has 1 aliphatic heterocycles. The molecule has 4 heterocycles. The number of hydrogen-bond acceptors (Lipinski definition) is 6. The van der Waals surface area contributed by atoms with Crippen LogP contribution in [0.25, 0.3) is 33.3 Å². The van der Waals surface area contributed by atoms with Crippen LogP contribution in [0.3, 0.4) is 0 Å². The molecule has 0 radical (unpaired) electrons. The average molecular weight is 524 g/mol. The zero-order valence-electron chi connectivity index (χ0n) is 21.6.